The molecule has 0 saturated heterocycles. The molecule has 0 spiro atoms. The minimum Gasteiger partial charge on any atom is -0.468 e. The number of rotatable bonds is 8. The summed E-state index contributed by atoms with van der Waals surface area (Å²) in [7, 11) is -3.85. The number of nitrogens with zero attached hydrogens (tertiary/aromatic N) is 1. The number of furan rings is 1. The number of sulfonamides is 1. The van der Waals surface area contributed by atoms with Gasteiger partial charge in [0.1, 0.15) is 5.76 Å². The van der Waals surface area contributed by atoms with Crippen molar-refractivity contribution in [3.8, 4) is 0 Å². The molecule has 6 nitrogen and oxygen atoms in total. The van der Waals surface area contributed by atoms with Crippen LogP contribution < -0.4 is 5.32 Å². The molecule has 9 heteroatoms. The molecule has 0 saturated carbocycles. The van der Waals surface area contributed by atoms with Gasteiger partial charge in [-0.1, -0.05) is 23.2 Å². The third-order valence-corrected chi connectivity index (χ3v) is 6.44. The molecule has 0 fully saturated rings. The smallest absolute Gasteiger partial charge is 0.243 e. The molecule has 3 rings (SSSR count). The van der Waals surface area contributed by atoms with Crippen molar-refractivity contribution in [2.75, 3.05) is 11.9 Å². The molecule has 0 aliphatic rings. The number of carbonyl (C=O) groups is 1. The Hall–Kier alpha value is -2.32. The average molecular weight is 453 g/mol. The van der Waals surface area contributed by atoms with Gasteiger partial charge in [0.25, 0.3) is 0 Å². The van der Waals surface area contributed by atoms with Crippen LogP contribution in [0.5, 0.6) is 0 Å². The second kappa shape index (κ2) is 9.45. The molecule has 0 atom stereocenters. The van der Waals surface area contributed by atoms with E-state index in [4.69, 9.17) is 27.6 Å². The Kier molecular flexibility index (Phi) is 6.97. The van der Waals surface area contributed by atoms with Crippen molar-refractivity contribution in [3.05, 3.63) is 82.7 Å². The molecule has 1 N–H and O–H groups in total. The van der Waals surface area contributed by atoms with Crippen molar-refractivity contribution in [2.24, 2.45) is 0 Å². The van der Waals surface area contributed by atoms with E-state index >= 15 is 0 Å². The topological polar surface area (TPSA) is 79.6 Å². The van der Waals surface area contributed by atoms with Gasteiger partial charge in [0.2, 0.25) is 15.9 Å². The number of benzene rings is 2. The maximum absolute atomic E-state index is 13.1. The lowest BCUT2D eigenvalue weighted by Crippen LogP contribution is -2.33. The lowest BCUT2D eigenvalue weighted by molar-refractivity contribution is -0.116. The quantitative estimate of drug-likeness (QED) is 0.531. The van der Waals surface area contributed by atoms with E-state index in [0.29, 0.717) is 21.5 Å². The first-order valence-corrected chi connectivity index (χ1v) is 10.9. The fourth-order valence-corrected chi connectivity index (χ4v) is 4.26. The van der Waals surface area contributed by atoms with Crippen LogP contribution in [0.25, 0.3) is 0 Å². The molecule has 152 valence electrons. The molecule has 0 radical (unpaired) electrons. The predicted molar refractivity (Wildman–Crippen MR) is 112 cm³/mol. The van der Waals surface area contributed by atoms with Gasteiger partial charge in [-0.05, 0) is 60.7 Å². The van der Waals surface area contributed by atoms with Crippen molar-refractivity contribution < 1.29 is 17.6 Å². The average Bonchev–Trinajstić information content (AvgIpc) is 3.20. The Balaban J connectivity index is 1.74. The SMILES string of the molecule is O=C(CCN(Cc1ccco1)S(=O)(=O)c1ccc(Cl)cc1)Nc1ccc(Cl)cc1. The summed E-state index contributed by atoms with van der Waals surface area (Å²) in [5.41, 5.74) is 0.581. The number of amides is 1. The highest BCUT2D eigenvalue weighted by Gasteiger charge is 2.26. The van der Waals surface area contributed by atoms with Crippen LogP contribution in [0.15, 0.2) is 76.2 Å². The van der Waals surface area contributed by atoms with Crippen LogP contribution in [0, 0.1) is 0 Å². The maximum atomic E-state index is 13.1. The van der Waals surface area contributed by atoms with Crippen LogP contribution in [0.2, 0.25) is 10.0 Å². The van der Waals surface area contributed by atoms with Gasteiger partial charge in [0.05, 0.1) is 17.7 Å². The molecule has 0 unspecified atom stereocenters. The van der Waals surface area contributed by atoms with Crippen LogP contribution in [-0.2, 0) is 21.4 Å². The third kappa shape index (κ3) is 5.83. The predicted octanol–water partition coefficient (Wildman–Crippen LogP) is 4.81. The highest BCUT2D eigenvalue weighted by molar-refractivity contribution is 7.89. The van der Waals surface area contributed by atoms with Crippen molar-refractivity contribution in [3.63, 3.8) is 0 Å². The molecule has 1 aromatic heterocycles. The van der Waals surface area contributed by atoms with E-state index in [-0.39, 0.29) is 30.3 Å². The van der Waals surface area contributed by atoms with Gasteiger partial charge in [0, 0.05) is 28.7 Å². The van der Waals surface area contributed by atoms with E-state index in [2.05, 4.69) is 5.32 Å². The largest absolute Gasteiger partial charge is 0.468 e. The number of nitrogens with one attached hydrogen (secondary N) is 1. The number of hydrogen-bond donors (Lipinski definition) is 1. The lowest BCUT2D eigenvalue weighted by atomic mass is 10.3. The van der Waals surface area contributed by atoms with Crippen molar-refractivity contribution in [2.45, 2.75) is 17.9 Å². The fraction of sp³-hybridized carbons (Fsp3) is 0.150. The summed E-state index contributed by atoms with van der Waals surface area (Å²) in [5, 5.41) is 3.71. The second-order valence-electron chi connectivity index (χ2n) is 6.18. The Morgan fingerprint density at radius 1 is 0.966 bits per heavy atom. The molecule has 3 aromatic rings. The van der Waals surface area contributed by atoms with Crippen LogP contribution >= 0.6 is 23.2 Å². The van der Waals surface area contributed by atoms with Gasteiger partial charge in [-0.3, -0.25) is 4.79 Å². The Morgan fingerprint density at radius 3 is 2.17 bits per heavy atom. The van der Waals surface area contributed by atoms with Gasteiger partial charge < -0.3 is 9.73 Å². The van der Waals surface area contributed by atoms with E-state index < -0.39 is 10.0 Å². The van der Waals surface area contributed by atoms with Crippen LogP contribution in [0.3, 0.4) is 0 Å². The van der Waals surface area contributed by atoms with E-state index in [1.165, 1.54) is 34.8 Å². The summed E-state index contributed by atoms with van der Waals surface area (Å²) >= 11 is 11.7. The van der Waals surface area contributed by atoms with Crippen LogP contribution in [0.1, 0.15) is 12.2 Å². The summed E-state index contributed by atoms with van der Waals surface area (Å²) in [6.07, 6.45) is 1.44. The first-order chi connectivity index (χ1) is 13.8. The van der Waals surface area contributed by atoms with E-state index in [1.54, 1.807) is 36.4 Å². The van der Waals surface area contributed by atoms with E-state index in [1.807, 2.05) is 0 Å². The standard InChI is InChI=1S/C20H18Cl2N2O4S/c21-15-3-7-17(8-4-15)23-20(25)11-12-24(14-18-2-1-13-28-18)29(26,27)19-9-5-16(22)6-10-19/h1-10,13H,11-12,14H2,(H,23,25). The van der Waals surface area contributed by atoms with E-state index in [0.717, 1.165) is 0 Å². The molecule has 29 heavy (non-hydrogen) atoms. The van der Waals surface area contributed by atoms with Crippen LogP contribution in [-0.4, -0.2) is 25.2 Å². The number of carbonyl (C=O) groups excluding carboxylic acids is 1. The first kappa shape index (κ1) is 21.4. The van der Waals surface area contributed by atoms with Gasteiger partial charge >= 0.3 is 0 Å². The van der Waals surface area contributed by atoms with Gasteiger partial charge in [-0.2, -0.15) is 4.31 Å². The number of anilines is 1. The fourth-order valence-electron chi connectivity index (χ4n) is 2.60. The lowest BCUT2D eigenvalue weighted by Gasteiger charge is -2.21. The molecule has 0 aliphatic carbocycles. The second-order valence-corrected chi connectivity index (χ2v) is 8.99. The van der Waals surface area contributed by atoms with Gasteiger partial charge in [0.15, 0.2) is 0 Å². The molecule has 1 heterocycles. The van der Waals surface area contributed by atoms with Crippen molar-refractivity contribution in [1.82, 2.24) is 4.31 Å². The summed E-state index contributed by atoms with van der Waals surface area (Å²) in [4.78, 5) is 12.4. The molecule has 1 amide bonds. The third-order valence-electron chi connectivity index (χ3n) is 4.08. The molecule has 2 aromatic carbocycles. The highest BCUT2D eigenvalue weighted by Crippen LogP contribution is 2.21. The molecule has 0 bridgehead atoms. The summed E-state index contributed by atoms with van der Waals surface area (Å²) in [6, 6.07) is 15.9. The highest BCUT2D eigenvalue weighted by atomic mass is 35.5. The number of halogens is 2. The maximum Gasteiger partial charge on any atom is 0.243 e. The van der Waals surface area contributed by atoms with Crippen molar-refractivity contribution in [1.29, 1.82) is 0 Å². The zero-order valence-corrected chi connectivity index (χ0v) is 17.5. The minimum atomic E-state index is -3.85. The zero-order valence-electron chi connectivity index (χ0n) is 15.2. The Bertz CT molecular complexity index is 1050. The summed E-state index contributed by atoms with van der Waals surface area (Å²) in [6.45, 7) is -0.0166. The first-order valence-electron chi connectivity index (χ1n) is 8.68. The minimum absolute atomic E-state index is 0.00614. The van der Waals surface area contributed by atoms with E-state index in [9.17, 15) is 13.2 Å². The van der Waals surface area contributed by atoms with Crippen molar-refractivity contribution >= 4 is 44.8 Å². The molecular weight excluding hydrogens is 435 g/mol. The van der Waals surface area contributed by atoms with Gasteiger partial charge in [-0.25, -0.2) is 8.42 Å². The normalized spacial score (nSPS) is 11.6. The number of hydrogen-bond acceptors (Lipinski definition) is 4. The molecule has 0 aliphatic heterocycles. The Morgan fingerprint density at radius 2 is 1.59 bits per heavy atom. The molecular formula is C20H18Cl2N2O4S. The summed E-state index contributed by atoms with van der Waals surface area (Å²) in [5.74, 6) is 0.156. The monoisotopic (exact) mass is 452 g/mol. The van der Waals surface area contributed by atoms with Gasteiger partial charge in [-0.15, -0.1) is 0 Å². The zero-order chi connectivity index (χ0) is 20.9. The summed E-state index contributed by atoms with van der Waals surface area (Å²) < 4.78 is 32.6. The Labute approximate surface area is 179 Å². The van der Waals surface area contributed by atoms with Crippen LogP contribution in [0.4, 0.5) is 5.69 Å².